The average molecular weight is 388 g/mol. The molecule has 0 bridgehead atoms. The maximum absolute atomic E-state index is 12.1. The molecule has 25 heavy (non-hydrogen) atoms. The highest BCUT2D eigenvalue weighted by molar-refractivity contribution is 6.36. The molecule has 0 unspecified atom stereocenters. The predicted molar refractivity (Wildman–Crippen MR) is 93.5 cm³/mol. The third kappa shape index (κ3) is 5.86. The molecule has 1 aliphatic rings. The SMILES string of the molecule is C[C@H](OC(=O)CN1CCCCCC1=O)C(=O)Nc1ncc(Cl)cc1Cl. The van der Waals surface area contributed by atoms with E-state index in [1.807, 2.05) is 0 Å². The zero-order valence-corrected chi connectivity index (χ0v) is 15.3. The summed E-state index contributed by atoms with van der Waals surface area (Å²) in [6.45, 7) is 1.80. The number of ether oxygens (including phenoxy) is 1. The van der Waals surface area contributed by atoms with Gasteiger partial charge in [0.25, 0.3) is 5.91 Å². The van der Waals surface area contributed by atoms with E-state index in [2.05, 4.69) is 10.3 Å². The van der Waals surface area contributed by atoms with Crippen molar-refractivity contribution >= 4 is 46.8 Å². The number of esters is 1. The second-order valence-electron chi connectivity index (χ2n) is 5.73. The number of aromatic nitrogens is 1. The lowest BCUT2D eigenvalue weighted by Gasteiger charge is -2.20. The Kier molecular flexibility index (Phi) is 7.01. The van der Waals surface area contributed by atoms with Crippen molar-refractivity contribution in [2.24, 2.45) is 0 Å². The molecular weight excluding hydrogens is 369 g/mol. The van der Waals surface area contributed by atoms with Gasteiger partial charge in [0, 0.05) is 19.2 Å². The van der Waals surface area contributed by atoms with Gasteiger partial charge in [-0.05, 0) is 25.8 Å². The zero-order valence-electron chi connectivity index (χ0n) is 13.8. The summed E-state index contributed by atoms with van der Waals surface area (Å²) < 4.78 is 5.10. The Bertz CT molecular complexity index is 669. The molecule has 1 fully saturated rings. The Morgan fingerprint density at radius 3 is 2.84 bits per heavy atom. The van der Waals surface area contributed by atoms with Gasteiger partial charge in [0.05, 0.1) is 10.0 Å². The number of carbonyl (C=O) groups is 3. The molecule has 1 aliphatic heterocycles. The third-order valence-corrected chi connectivity index (χ3v) is 4.21. The lowest BCUT2D eigenvalue weighted by molar-refractivity contribution is -0.156. The second kappa shape index (κ2) is 9.01. The Hall–Kier alpha value is -1.86. The molecule has 1 aromatic heterocycles. The van der Waals surface area contributed by atoms with E-state index in [-0.39, 0.29) is 23.3 Å². The molecule has 0 aromatic carbocycles. The minimum Gasteiger partial charge on any atom is -0.451 e. The number of hydrogen-bond donors (Lipinski definition) is 1. The van der Waals surface area contributed by atoms with E-state index < -0.39 is 18.0 Å². The van der Waals surface area contributed by atoms with E-state index in [4.69, 9.17) is 27.9 Å². The van der Waals surface area contributed by atoms with Gasteiger partial charge in [-0.3, -0.25) is 14.4 Å². The molecule has 7 nitrogen and oxygen atoms in total. The predicted octanol–water partition coefficient (Wildman–Crippen LogP) is 2.66. The first-order valence-corrected chi connectivity index (χ1v) is 8.71. The van der Waals surface area contributed by atoms with Crippen molar-refractivity contribution in [1.82, 2.24) is 9.88 Å². The van der Waals surface area contributed by atoms with E-state index in [1.54, 1.807) is 0 Å². The molecule has 136 valence electrons. The average Bonchev–Trinajstić information content (AvgIpc) is 2.74. The number of anilines is 1. The Morgan fingerprint density at radius 2 is 2.12 bits per heavy atom. The van der Waals surface area contributed by atoms with Crippen molar-refractivity contribution < 1.29 is 19.1 Å². The van der Waals surface area contributed by atoms with E-state index in [9.17, 15) is 14.4 Å². The number of likely N-dealkylation sites (tertiary alicyclic amines) is 1. The third-order valence-electron chi connectivity index (χ3n) is 3.72. The monoisotopic (exact) mass is 387 g/mol. The summed E-state index contributed by atoms with van der Waals surface area (Å²) in [6.07, 6.45) is 3.37. The number of rotatable bonds is 5. The Labute approximate surface area is 155 Å². The molecule has 1 atom stereocenters. The van der Waals surface area contributed by atoms with Gasteiger partial charge in [0.1, 0.15) is 6.54 Å². The fourth-order valence-electron chi connectivity index (χ4n) is 2.37. The van der Waals surface area contributed by atoms with Crippen LogP contribution in [-0.4, -0.2) is 46.9 Å². The molecule has 0 saturated carbocycles. The van der Waals surface area contributed by atoms with Crippen LogP contribution in [0.1, 0.15) is 32.6 Å². The van der Waals surface area contributed by atoms with Gasteiger partial charge in [-0.15, -0.1) is 0 Å². The van der Waals surface area contributed by atoms with Crippen LogP contribution in [-0.2, 0) is 19.1 Å². The van der Waals surface area contributed by atoms with Gasteiger partial charge in [0.2, 0.25) is 5.91 Å². The number of carbonyl (C=O) groups excluding carboxylic acids is 3. The summed E-state index contributed by atoms with van der Waals surface area (Å²) >= 11 is 11.7. The van der Waals surface area contributed by atoms with E-state index >= 15 is 0 Å². The maximum Gasteiger partial charge on any atom is 0.326 e. The van der Waals surface area contributed by atoms with Gasteiger partial charge in [-0.2, -0.15) is 0 Å². The van der Waals surface area contributed by atoms with Crippen LogP contribution in [0.25, 0.3) is 0 Å². The molecule has 2 heterocycles. The Morgan fingerprint density at radius 1 is 1.36 bits per heavy atom. The van der Waals surface area contributed by atoms with E-state index in [0.29, 0.717) is 18.0 Å². The lowest BCUT2D eigenvalue weighted by Crippen LogP contribution is -2.38. The Balaban J connectivity index is 1.87. The van der Waals surface area contributed by atoms with E-state index in [0.717, 1.165) is 19.3 Å². The molecule has 0 spiro atoms. The summed E-state index contributed by atoms with van der Waals surface area (Å²) in [7, 11) is 0. The van der Waals surface area contributed by atoms with Gasteiger partial charge in [0.15, 0.2) is 11.9 Å². The minimum absolute atomic E-state index is 0.0660. The van der Waals surface area contributed by atoms with Crippen LogP contribution < -0.4 is 5.32 Å². The van der Waals surface area contributed by atoms with Crippen molar-refractivity contribution in [2.75, 3.05) is 18.4 Å². The fraction of sp³-hybridized carbons (Fsp3) is 0.500. The minimum atomic E-state index is -1.05. The fourth-order valence-corrected chi connectivity index (χ4v) is 2.80. The normalized spacial score (nSPS) is 16.1. The maximum atomic E-state index is 12.1. The quantitative estimate of drug-likeness (QED) is 0.784. The van der Waals surface area contributed by atoms with Crippen LogP contribution in [0.15, 0.2) is 12.3 Å². The van der Waals surface area contributed by atoms with Crippen LogP contribution in [0, 0.1) is 0 Å². The molecule has 9 heteroatoms. The van der Waals surface area contributed by atoms with Crippen LogP contribution in [0.5, 0.6) is 0 Å². The first kappa shape index (κ1) is 19.5. The summed E-state index contributed by atoms with van der Waals surface area (Å²) in [5.74, 6) is -1.15. The highest BCUT2D eigenvalue weighted by Gasteiger charge is 2.23. The van der Waals surface area contributed by atoms with Crippen LogP contribution in [0.4, 0.5) is 5.82 Å². The second-order valence-corrected chi connectivity index (χ2v) is 6.57. The number of halogens is 2. The van der Waals surface area contributed by atoms with Crippen molar-refractivity contribution in [3.05, 3.63) is 22.3 Å². The molecule has 0 radical (unpaired) electrons. The van der Waals surface area contributed by atoms with Gasteiger partial charge >= 0.3 is 5.97 Å². The first-order valence-electron chi connectivity index (χ1n) is 7.96. The van der Waals surface area contributed by atoms with Crippen LogP contribution in [0.3, 0.4) is 0 Å². The molecule has 2 rings (SSSR count). The van der Waals surface area contributed by atoms with Crippen molar-refractivity contribution in [2.45, 2.75) is 38.7 Å². The highest BCUT2D eigenvalue weighted by atomic mass is 35.5. The van der Waals surface area contributed by atoms with Crippen molar-refractivity contribution in [3.8, 4) is 0 Å². The molecule has 1 saturated heterocycles. The van der Waals surface area contributed by atoms with Gasteiger partial charge < -0.3 is 15.0 Å². The van der Waals surface area contributed by atoms with Crippen molar-refractivity contribution in [1.29, 1.82) is 0 Å². The van der Waals surface area contributed by atoms with Gasteiger partial charge in [-0.25, -0.2) is 4.98 Å². The van der Waals surface area contributed by atoms with Crippen LogP contribution in [0.2, 0.25) is 10.0 Å². The zero-order chi connectivity index (χ0) is 18.4. The smallest absolute Gasteiger partial charge is 0.326 e. The number of nitrogens with one attached hydrogen (secondary N) is 1. The number of amides is 2. The number of nitrogens with zero attached hydrogens (tertiary/aromatic N) is 2. The topological polar surface area (TPSA) is 88.6 Å². The molecule has 0 aliphatic carbocycles. The van der Waals surface area contributed by atoms with Crippen LogP contribution >= 0.6 is 23.2 Å². The number of hydrogen-bond acceptors (Lipinski definition) is 5. The largest absolute Gasteiger partial charge is 0.451 e. The first-order chi connectivity index (χ1) is 11.9. The summed E-state index contributed by atoms with van der Waals surface area (Å²) in [5.41, 5.74) is 0. The van der Waals surface area contributed by atoms with Gasteiger partial charge in [-0.1, -0.05) is 29.6 Å². The number of pyridine rings is 1. The molecule has 1 aromatic rings. The summed E-state index contributed by atoms with van der Waals surface area (Å²) in [5, 5.41) is 2.98. The molecular formula is C16H19Cl2N3O4. The summed E-state index contributed by atoms with van der Waals surface area (Å²) in [4.78, 5) is 41.3. The molecule has 2 amide bonds. The standard InChI is InChI=1S/C16H19Cl2N3O4/c1-10(16(24)20-15-12(18)7-11(17)8-19-15)25-14(23)9-21-6-4-2-3-5-13(21)22/h7-8,10H,2-6,9H2,1H3,(H,19,20,24)/t10-/m0/s1. The van der Waals surface area contributed by atoms with E-state index in [1.165, 1.54) is 24.1 Å². The summed E-state index contributed by atoms with van der Waals surface area (Å²) in [6, 6.07) is 1.44. The highest BCUT2D eigenvalue weighted by Crippen LogP contribution is 2.22. The molecule has 1 N–H and O–H groups in total. The lowest BCUT2D eigenvalue weighted by atomic mass is 10.2. The van der Waals surface area contributed by atoms with Crippen molar-refractivity contribution in [3.63, 3.8) is 0 Å².